The number of carbonyl (C=O) groups is 1. The van der Waals surface area contributed by atoms with Gasteiger partial charge < -0.3 is 4.74 Å². The molecule has 0 heterocycles. The van der Waals surface area contributed by atoms with Gasteiger partial charge in [0, 0.05) is 6.42 Å². The zero-order valence-corrected chi connectivity index (χ0v) is 43.3. The summed E-state index contributed by atoms with van der Waals surface area (Å²) in [5, 5.41) is 0. The van der Waals surface area contributed by atoms with E-state index in [4.69, 9.17) is 4.74 Å². The second-order valence-electron chi connectivity index (χ2n) is 22.8. The summed E-state index contributed by atoms with van der Waals surface area (Å²) in [7, 11) is 0. The van der Waals surface area contributed by atoms with E-state index in [1.807, 2.05) is 0 Å². The van der Waals surface area contributed by atoms with E-state index in [1.54, 1.807) is 0 Å². The SMILES string of the molecule is CCC(C)CCCCCCCC(=O)OC(CCC(C)CCCC(C)CCCC(C)CCCC(C)C)CCC(CCCC(C)CCCC(C)CCCC(C)C)CCC(C)C. The summed E-state index contributed by atoms with van der Waals surface area (Å²) in [4.78, 5) is 13.3. The zero-order chi connectivity index (χ0) is 44.3. The molecule has 0 amide bonds. The minimum atomic E-state index is 0.0760. The first-order valence-electron chi connectivity index (χ1n) is 27.3. The van der Waals surface area contributed by atoms with Crippen LogP contribution in [0.2, 0.25) is 0 Å². The van der Waals surface area contributed by atoms with Crippen molar-refractivity contribution in [1.29, 1.82) is 0 Å². The van der Waals surface area contributed by atoms with Crippen molar-refractivity contribution in [1.82, 2.24) is 0 Å². The van der Waals surface area contributed by atoms with Crippen LogP contribution >= 0.6 is 0 Å². The lowest BCUT2D eigenvalue weighted by Gasteiger charge is -2.24. The molecule has 0 fully saturated rings. The van der Waals surface area contributed by atoms with Gasteiger partial charge in [0.25, 0.3) is 0 Å². The number of esters is 1. The van der Waals surface area contributed by atoms with E-state index >= 15 is 0 Å². The van der Waals surface area contributed by atoms with E-state index < -0.39 is 0 Å². The molecule has 0 aliphatic rings. The van der Waals surface area contributed by atoms with Crippen LogP contribution in [0.5, 0.6) is 0 Å². The molecule has 59 heavy (non-hydrogen) atoms. The maximum atomic E-state index is 13.3. The Labute approximate surface area is 374 Å². The van der Waals surface area contributed by atoms with Crippen LogP contribution in [0, 0.1) is 59.2 Å². The predicted molar refractivity (Wildman–Crippen MR) is 266 cm³/mol. The van der Waals surface area contributed by atoms with Crippen molar-refractivity contribution in [2.24, 2.45) is 59.2 Å². The van der Waals surface area contributed by atoms with Gasteiger partial charge in [-0.1, -0.05) is 257 Å². The van der Waals surface area contributed by atoms with Crippen LogP contribution in [0.15, 0.2) is 0 Å². The minimum absolute atomic E-state index is 0.0760. The molecule has 0 aromatic rings. The zero-order valence-electron chi connectivity index (χ0n) is 43.3. The smallest absolute Gasteiger partial charge is 0.306 e. The maximum Gasteiger partial charge on any atom is 0.306 e. The highest BCUT2D eigenvalue weighted by Gasteiger charge is 2.20. The number of hydrogen-bond acceptors (Lipinski definition) is 2. The van der Waals surface area contributed by atoms with E-state index in [0.717, 1.165) is 72.5 Å². The van der Waals surface area contributed by atoms with Crippen molar-refractivity contribution < 1.29 is 9.53 Å². The van der Waals surface area contributed by atoms with Crippen LogP contribution < -0.4 is 0 Å². The van der Waals surface area contributed by atoms with Crippen molar-refractivity contribution in [3.63, 3.8) is 0 Å². The highest BCUT2D eigenvalue weighted by atomic mass is 16.5. The molecular weight excluding hydrogens is 717 g/mol. The van der Waals surface area contributed by atoms with Gasteiger partial charge >= 0.3 is 5.97 Å². The Kier molecular flexibility index (Phi) is 38.7. The Hall–Kier alpha value is -0.530. The third-order valence-electron chi connectivity index (χ3n) is 14.6. The summed E-state index contributed by atoms with van der Waals surface area (Å²) >= 11 is 0. The standard InChI is InChI=1S/C57H114O2/c1-14-49(8)28-18-16-15-17-19-39-57(58)59-56(44-41-54(13)36-24-35-52(11)33-22-31-50(9)29-20-26-46(2)3)45-43-55(42-40-48(6)7)38-25-37-53(12)34-23-32-51(10)30-21-27-47(4)5/h46-56H,14-45H2,1-13H3. The molecule has 0 bridgehead atoms. The molecular formula is C57H114O2. The fourth-order valence-electron chi connectivity index (χ4n) is 9.57. The lowest BCUT2D eigenvalue weighted by molar-refractivity contribution is -0.150. The molecule has 0 radical (unpaired) electrons. The largest absolute Gasteiger partial charge is 0.462 e. The monoisotopic (exact) mass is 831 g/mol. The van der Waals surface area contributed by atoms with E-state index in [1.165, 1.54) is 180 Å². The van der Waals surface area contributed by atoms with Gasteiger partial charge in [-0.2, -0.15) is 0 Å². The highest BCUT2D eigenvalue weighted by molar-refractivity contribution is 5.69. The molecule has 0 aliphatic carbocycles. The number of ether oxygens (including phenoxy) is 1. The number of unbranched alkanes of at least 4 members (excludes halogenated alkanes) is 4. The second-order valence-corrected chi connectivity index (χ2v) is 22.8. The molecule has 0 N–H and O–H groups in total. The van der Waals surface area contributed by atoms with E-state index in [2.05, 4.69) is 90.0 Å². The Bertz CT molecular complexity index is 891. The molecule has 0 saturated heterocycles. The maximum absolute atomic E-state index is 13.3. The number of rotatable bonds is 43. The lowest BCUT2D eigenvalue weighted by Crippen LogP contribution is -2.20. The molecule has 2 nitrogen and oxygen atoms in total. The number of carbonyl (C=O) groups excluding carboxylic acids is 1. The molecule has 0 saturated carbocycles. The van der Waals surface area contributed by atoms with Gasteiger partial charge in [-0.3, -0.25) is 4.79 Å². The third-order valence-corrected chi connectivity index (χ3v) is 14.6. The van der Waals surface area contributed by atoms with Crippen molar-refractivity contribution in [3.8, 4) is 0 Å². The van der Waals surface area contributed by atoms with Crippen molar-refractivity contribution in [2.75, 3.05) is 0 Å². The normalized spacial score (nSPS) is 16.3. The first-order valence-corrected chi connectivity index (χ1v) is 27.3. The van der Waals surface area contributed by atoms with Gasteiger partial charge in [0.2, 0.25) is 0 Å². The summed E-state index contributed by atoms with van der Waals surface area (Å²) in [5.41, 5.74) is 0. The van der Waals surface area contributed by atoms with E-state index in [0.29, 0.717) is 12.3 Å². The molecule has 8 unspecified atom stereocenters. The molecule has 0 aliphatic heterocycles. The topological polar surface area (TPSA) is 26.3 Å². The Balaban J connectivity index is 5.00. The van der Waals surface area contributed by atoms with Crippen LogP contribution in [-0.2, 0) is 9.53 Å². The molecule has 0 aromatic heterocycles. The van der Waals surface area contributed by atoms with Crippen molar-refractivity contribution >= 4 is 5.97 Å². The summed E-state index contributed by atoms with van der Waals surface area (Å²) in [6.07, 6.45) is 41.6. The van der Waals surface area contributed by atoms with Gasteiger partial charge in [-0.15, -0.1) is 0 Å². The molecule has 0 rings (SSSR count). The molecule has 0 aromatic carbocycles. The molecule has 0 spiro atoms. The molecule has 8 atom stereocenters. The van der Waals surface area contributed by atoms with Gasteiger partial charge in [-0.05, 0) is 91.3 Å². The summed E-state index contributed by atoms with van der Waals surface area (Å²) in [5.74, 6) is 8.31. The Morgan fingerprint density at radius 3 is 1.10 bits per heavy atom. The van der Waals surface area contributed by atoms with Gasteiger partial charge in [0.05, 0.1) is 0 Å². The lowest BCUT2D eigenvalue weighted by atomic mass is 9.86. The fraction of sp³-hybridized carbons (Fsp3) is 0.982. The minimum Gasteiger partial charge on any atom is -0.462 e. The first-order chi connectivity index (χ1) is 28.1. The number of hydrogen-bond donors (Lipinski definition) is 0. The van der Waals surface area contributed by atoms with Crippen LogP contribution in [0.4, 0.5) is 0 Å². The van der Waals surface area contributed by atoms with Gasteiger partial charge in [0.1, 0.15) is 6.10 Å². The highest BCUT2D eigenvalue weighted by Crippen LogP contribution is 2.30. The summed E-state index contributed by atoms with van der Waals surface area (Å²) < 4.78 is 6.40. The predicted octanol–water partition coefficient (Wildman–Crippen LogP) is 19.8. The van der Waals surface area contributed by atoms with E-state index in [-0.39, 0.29) is 12.1 Å². The Morgan fingerprint density at radius 1 is 0.322 bits per heavy atom. The van der Waals surface area contributed by atoms with Crippen LogP contribution in [0.3, 0.4) is 0 Å². The van der Waals surface area contributed by atoms with E-state index in [9.17, 15) is 4.79 Å². The third kappa shape index (κ3) is 40.0. The van der Waals surface area contributed by atoms with Crippen molar-refractivity contribution in [2.45, 2.75) is 302 Å². The van der Waals surface area contributed by atoms with Crippen LogP contribution in [0.25, 0.3) is 0 Å². The van der Waals surface area contributed by atoms with Crippen LogP contribution in [0.1, 0.15) is 295 Å². The average Bonchev–Trinajstić information content (AvgIpc) is 3.16. The van der Waals surface area contributed by atoms with Crippen molar-refractivity contribution in [3.05, 3.63) is 0 Å². The first kappa shape index (κ1) is 58.5. The van der Waals surface area contributed by atoms with Gasteiger partial charge in [0.15, 0.2) is 0 Å². The average molecular weight is 832 g/mol. The molecule has 2 heteroatoms. The Morgan fingerprint density at radius 2 is 0.661 bits per heavy atom. The molecule has 354 valence electrons. The quantitative estimate of drug-likeness (QED) is 0.0452. The fourth-order valence-corrected chi connectivity index (χ4v) is 9.57. The summed E-state index contributed by atoms with van der Waals surface area (Å²) in [6, 6.07) is 0. The summed E-state index contributed by atoms with van der Waals surface area (Å²) in [6.45, 7) is 31.3. The van der Waals surface area contributed by atoms with Gasteiger partial charge in [-0.25, -0.2) is 0 Å². The second kappa shape index (κ2) is 39.1. The van der Waals surface area contributed by atoms with Crippen LogP contribution in [-0.4, -0.2) is 12.1 Å².